The molecule has 0 aromatic rings. The highest BCUT2D eigenvalue weighted by molar-refractivity contribution is 5.79. The number of aliphatic hydroxyl groups excluding tert-OH is 1. The SMILES string of the molecule is CCC1OCCC1C(=O)NCCCC(C)O. The summed E-state index contributed by atoms with van der Waals surface area (Å²) in [7, 11) is 0. The van der Waals surface area contributed by atoms with Crippen LogP contribution in [0.1, 0.15) is 39.5 Å². The van der Waals surface area contributed by atoms with Gasteiger partial charge in [-0.15, -0.1) is 0 Å². The second-order valence-corrected chi connectivity index (χ2v) is 4.49. The molecule has 1 saturated heterocycles. The summed E-state index contributed by atoms with van der Waals surface area (Å²) in [4.78, 5) is 11.8. The number of hydrogen-bond acceptors (Lipinski definition) is 3. The van der Waals surface area contributed by atoms with Gasteiger partial charge in [0.05, 0.1) is 18.1 Å². The maximum atomic E-state index is 11.8. The van der Waals surface area contributed by atoms with Crippen molar-refractivity contribution in [2.24, 2.45) is 5.92 Å². The van der Waals surface area contributed by atoms with Crippen molar-refractivity contribution in [2.45, 2.75) is 51.7 Å². The molecule has 0 aromatic carbocycles. The third kappa shape index (κ3) is 4.10. The Hall–Kier alpha value is -0.610. The zero-order valence-electron chi connectivity index (χ0n) is 10.2. The largest absolute Gasteiger partial charge is 0.393 e. The Kier molecular flexibility index (Phi) is 5.77. The minimum atomic E-state index is -0.282. The lowest BCUT2D eigenvalue weighted by molar-refractivity contribution is -0.126. The molecule has 1 rings (SSSR count). The first-order valence-electron chi connectivity index (χ1n) is 6.22. The Morgan fingerprint density at radius 1 is 1.62 bits per heavy atom. The highest BCUT2D eigenvalue weighted by Gasteiger charge is 2.32. The van der Waals surface area contributed by atoms with E-state index in [-0.39, 0.29) is 24.0 Å². The van der Waals surface area contributed by atoms with E-state index < -0.39 is 0 Å². The highest BCUT2D eigenvalue weighted by Crippen LogP contribution is 2.23. The summed E-state index contributed by atoms with van der Waals surface area (Å²) in [6.45, 7) is 5.16. The van der Waals surface area contributed by atoms with Gasteiger partial charge < -0.3 is 15.2 Å². The molecular weight excluding hydrogens is 206 g/mol. The molecule has 3 unspecified atom stereocenters. The second-order valence-electron chi connectivity index (χ2n) is 4.49. The summed E-state index contributed by atoms with van der Waals surface area (Å²) >= 11 is 0. The molecule has 0 saturated carbocycles. The van der Waals surface area contributed by atoms with Gasteiger partial charge in [0, 0.05) is 13.2 Å². The van der Waals surface area contributed by atoms with Crippen LogP contribution in [0.2, 0.25) is 0 Å². The molecule has 4 nitrogen and oxygen atoms in total. The van der Waals surface area contributed by atoms with Crippen LogP contribution < -0.4 is 5.32 Å². The summed E-state index contributed by atoms with van der Waals surface area (Å²) in [5.74, 6) is 0.131. The van der Waals surface area contributed by atoms with Crippen molar-refractivity contribution in [3.8, 4) is 0 Å². The van der Waals surface area contributed by atoms with Crippen molar-refractivity contribution in [1.29, 1.82) is 0 Å². The minimum absolute atomic E-state index is 0.0246. The van der Waals surface area contributed by atoms with Crippen LogP contribution in [0.4, 0.5) is 0 Å². The molecule has 16 heavy (non-hydrogen) atoms. The Morgan fingerprint density at radius 2 is 2.38 bits per heavy atom. The summed E-state index contributed by atoms with van der Waals surface area (Å²) in [5.41, 5.74) is 0. The van der Waals surface area contributed by atoms with Crippen LogP contribution in [0.5, 0.6) is 0 Å². The number of amides is 1. The number of carbonyl (C=O) groups excluding carboxylic acids is 1. The second kappa shape index (κ2) is 6.86. The molecule has 0 aliphatic carbocycles. The molecule has 4 heteroatoms. The van der Waals surface area contributed by atoms with E-state index >= 15 is 0 Å². The fourth-order valence-corrected chi connectivity index (χ4v) is 2.09. The van der Waals surface area contributed by atoms with Gasteiger partial charge >= 0.3 is 0 Å². The first-order chi connectivity index (χ1) is 7.65. The van der Waals surface area contributed by atoms with E-state index in [4.69, 9.17) is 9.84 Å². The molecule has 2 N–H and O–H groups in total. The minimum Gasteiger partial charge on any atom is -0.393 e. The van der Waals surface area contributed by atoms with Gasteiger partial charge in [0.25, 0.3) is 0 Å². The van der Waals surface area contributed by atoms with E-state index in [0.29, 0.717) is 13.2 Å². The smallest absolute Gasteiger partial charge is 0.225 e. The number of hydrogen-bond donors (Lipinski definition) is 2. The van der Waals surface area contributed by atoms with Gasteiger partial charge in [-0.2, -0.15) is 0 Å². The molecule has 3 atom stereocenters. The first kappa shape index (κ1) is 13.5. The standard InChI is InChI=1S/C12H23NO3/c1-3-11-10(6-8-16-11)12(15)13-7-4-5-9(2)14/h9-11,14H,3-8H2,1-2H3,(H,13,15). The normalized spacial score (nSPS) is 26.7. The first-order valence-corrected chi connectivity index (χ1v) is 6.22. The quantitative estimate of drug-likeness (QED) is 0.670. The van der Waals surface area contributed by atoms with Gasteiger partial charge in [-0.3, -0.25) is 4.79 Å². The van der Waals surface area contributed by atoms with Gasteiger partial charge in [0.1, 0.15) is 0 Å². The zero-order valence-corrected chi connectivity index (χ0v) is 10.2. The lowest BCUT2D eigenvalue weighted by atomic mass is 9.98. The van der Waals surface area contributed by atoms with E-state index in [1.165, 1.54) is 0 Å². The van der Waals surface area contributed by atoms with Crippen LogP contribution in [0.15, 0.2) is 0 Å². The topological polar surface area (TPSA) is 58.6 Å². The van der Waals surface area contributed by atoms with Crippen molar-refractivity contribution in [3.63, 3.8) is 0 Å². The maximum Gasteiger partial charge on any atom is 0.225 e. The zero-order chi connectivity index (χ0) is 12.0. The van der Waals surface area contributed by atoms with Crippen LogP contribution in [0, 0.1) is 5.92 Å². The average molecular weight is 229 g/mol. The fourth-order valence-electron chi connectivity index (χ4n) is 2.09. The van der Waals surface area contributed by atoms with E-state index in [0.717, 1.165) is 25.7 Å². The molecule has 0 aromatic heterocycles. The van der Waals surface area contributed by atoms with Gasteiger partial charge in [-0.25, -0.2) is 0 Å². The number of aliphatic hydroxyl groups is 1. The van der Waals surface area contributed by atoms with Crippen LogP contribution in [0.25, 0.3) is 0 Å². The Morgan fingerprint density at radius 3 is 3.00 bits per heavy atom. The summed E-state index contributed by atoms with van der Waals surface area (Å²) in [6.07, 6.45) is 3.10. The fraction of sp³-hybridized carbons (Fsp3) is 0.917. The molecule has 1 fully saturated rings. The molecule has 1 heterocycles. The monoisotopic (exact) mass is 229 g/mol. The maximum absolute atomic E-state index is 11.8. The number of carbonyl (C=O) groups is 1. The van der Waals surface area contributed by atoms with Gasteiger partial charge in [-0.1, -0.05) is 6.92 Å². The van der Waals surface area contributed by atoms with Crippen LogP contribution in [0.3, 0.4) is 0 Å². The predicted molar refractivity (Wildman–Crippen MR) is 62.1 cm³/mol. The van der Waals surface area contributed by atoms with Crippen LogP contribution in [-0.4, -0.2) is 36.4 Å². The summed E-state index contributed by atoms with van der Waals surface area (Å²) in [6, 6.07) is 0. The van der Waals surface area contributed by atoms with E-state index in [1.807, 2.05) is 6.92 Å². The number of ether oxygens (including phenoxy) is 1. The Bertz CT molecular complexity index is 218. The summed E-state index contributed by atoms with van der Waals surface area (Å²) in [5, 5.41) is 12.0. The lowest BCUT2D eigenvalue weighted by Crippen LogP contribution is -2.35. The van der Waals surface area contributed by atoms with Gasteiger partial charge in [0.15, 0.2) is 0 Å². The predicted octanol–water partition coefficient (Wildman–Crippen LogP) is 1.08. The van der Waals surface area contributed by atoms with Gasteiger partial charge in [0.2, 0.25) is 5.91 Å². The molecule has 1 aliphatic rings. The Labute approximate surface area is 97.4 Å². The van der Waals surface area contributed by atoms with Crippen molar-refractivity contribution in [3.05, 3.63) is 0 Å². The molecule has 0 radical (unpaired) electrons. The third-order valence-electron chi connectivity index (χ3n) is 3.05. The molecule has 1 aliphatic heterocycles. The number of nitrogens with one attached hydrogen (secondary N) is 1. The van der Waals surface area contributed by atoms with Crippen LogP contribution in [-0.2, 0) is 9.53 Å². The Balaban J connectivity index is 2.19. The highest BCUT2D eigenvalue weighted by atomic mass is 16.5. The third-order valence-corrected chi connectivity index (χ3v) is 3.05. The van der Waals surface area contributed by atoms with E-state index in [2.05, 4.69) is 5.32 Å². The van der Waals surface area contributed by atoms with E-state index in [1.54, 1.807) is 6.92 Å². The van der Waals surface area contributed by atoms with Crippen LogP contribution >= 0.6 is 0 Å². The number of rotatable bonds is 6. The van der Waals surface area contributed by atoms with Crippen molar-refractivity contribution in [1.82, 2.24) is 5.32 Å². The lowest BCUT2D eigenvalue weighted by Gasteiger charge is -2.16. The van der Waals surface area contributed by atoms with Crippen molar-refractivity contribution >= 4 is 5.91 Å². The van der Waals surface area contributed by atoms with Gasteiger partial charge in [-0.05, 0) is 32.6 Å². The molecule has 94 valence electrons. The average Bonchev–Trinajstić information content (AvgIpc) is 2.71. The molecule has 1 amide bonds. The van der Waals surface area contributed by atoms with Crippen molar-refractivity contribution < 1.29 is 14.6 Å². The summed E-state index contributed by atoms with van der Waals surface area (Å²) < 4.78 is 5.48. The van der Waals surface area contributed by atoms with E-state index in [9.17, 15) is 4.79 Å². The molecule has 0 spiro atoms. The molecular formula is C12H23NO3. The molecule has 0 bridgehead atoms. The van der Waals surface area contributed by atoms with Crippen molar-refractivity contribution in [2.75, 3.05) is 13.2 Å².